The standard InChI is InChI=1S/C19H24N2O2/c1-21(2)11-12-23-19-16-5-4-10-20-18(16)9-7-14-6-8-15(22-3)13-17(14)19/h4-6,8,10,13,19H,7,9,11-12H2,1-3H3/t19-/m0/s1. The normalized spacial score (nSPS) is 16.6. The molecule has 0 N–H and O–H groups in total. The van der Waals surface area contributed by atoms with Gasteiger partial charge in [-0.2, -0.15) is 0 Å². The topological polar surface area (TPSA) is 34.6 Å². The Balaban J connectivity index is 1.99. The number of methoxy groups -OCH3 is 1. The number of ether oxygens (including phenoxy) is 2. The van der Waals surface area contributed by atoms with Crippen LogP contribution in [0.1, 0.15) is 28.5 Å². The molecule has 1 aromatic carbocycles. The summed E-state index contributed by atoms with van der Waals surface area (Å²) in [7, 11) is 5.82. The van der Waals surface area contributed by atoms with Gasteiger partial charge >= 0.3 is 0 Å². The molecule has 1 heterocycles. The molecule has 4 nitrogen and oxygen atoms in total. The highest BCUT2D eigenvalue weighted by molar-refractivity contribution is 5.44. The third kappa shape index (κ3) is 3.54. The summed E-state index contributed by atoms with van der Waals surface area (Å²) < 4.78 is 11.7. The van der Waals surface area contributed by atoms with E-state index in [1.807, 2.05) is 18.3 Å². The Morgan fingerprint density at radius 3 is 2.83 bits per heavy atom. The zero-order chi connectivity index (χ0) is 16.2. The second kappa shape index (κ2) is 7.11. The molecule has 0 spiro atoms. The summed E-state index contributed by atoms with van der Waals surface area (Å²) >= 11 is 0. The zero-order valence-corrected chi connectivity index (χ0v) is 14.1. The molecule has 0 aliphatic heterocycles. The molecule has 4 heteroatoms. The summed E-state index contributed by atoms with van der Waals surface area (Å²) in [5.41, 5.74) is 4.84. The summed E-state index contributed by atoms with van der Waals surface area (Å²) in [6.07, 6.45) is 3.72. The van der Waals surface area contributed by atoms with E-state index in [0.717, 1.165) is 30.8 Å². The van der Waals surface area contributed by atoms with Crippen LogP contribution in [0.15, 0.2) is 36.5 Å². The summed E-state index contributed by atoms with van der Waals surface area (Å²) in [6, 6.07) is 10.4. The van der Waals surface area contributed by atoms with Crippen LogP contribution in [-0.4, -0.2) is 44.2 Å². The highest BCUT2D eigenvalue weighted by Gasteiger charge is 2.25. The number of fused-ring (bicyclic) bond motifs is 2. The summed E-state index contributed by atoms with van der Waals surface area (Å²) in [4.78, 5) is 6.71. The molecule has 3 rings (SSSR count). The molecule has 23 heavy (non-hydrogen) atoms. The molecular formula is C19H24N2O2. The molecule has 1 aliphatic rings. The van der Waals surface area contributed by atoms with Crippen molar-refractivity contribution in [3.05, 3.63) is 58.9 Å². The Hall–Kier alpha value is -1.91. The van der Waals surface area contributed by atoms with Crippen LogP contribution < -0.4 is 4.74 Å². The SMILES string of the molecule is COc1ccc2c(c1)[C@@H](OCCN(C)C)c1cccnc1CC2. The Morgan fingerprint density at radius 1 is 1.17 bits per heavy atom. The number of likely N-dealkylation sites (N-methyl/N-ethyl adjacent to an activating group) is 1. The van der Waals surface area contributed by atoms with Crippen LogP contribution in [0, 0.1) is 0 Å². The van der Waals surface area contributed by atoms with Gasteiger partial charge in [0, 0.05) is 24.0 Å². The number of pyridine rings is 1. The van der Waals surface area contributed by atoms with E-state index in [0.29, 0.717) is 6.61 Å². The maximum absolute atomic E-state index is 6.29. The predicted octanol–water partition coefficient (Wildman–Crippen LogP) is 2.86. The van der Waals surface area contributed by atoms with Crippen LogP contribution in [0.25, 0.3) is 0 Å². The van der Waals surface area contributed by atoms with Gasteiger partial charge in [-0.25, -0.2) is 0 Å². The van der Waals surface area contributed by atoms with Crippen LogP contribution in [0.5, 0.6) is 5.75 Å². The van der Waals surface area contributed by atoms with E-state index in [-0.39, 0.29) is 6.10 Å². The fraction of sp³-hybridized carbons (Fsp3) is 0.421. The van der Waals surface area contributed by atoms with Crippen molar-refractivity contribution >= 4 is 0 Å². The minimum Gasteiger partial charge on any atom is -0.497 e. The van der Waals surface area contributed by atoms with Crippen molar-refractivity contribution in [2.75, 3.05) is 34.4 Å². The number of aryl methyl sites for hydroxylation is 2. The molecule has 0 bridgehead atoms. The van der Waals surface area contributed by atoms with Gasteiger partial charge in [0.1, 0.15) is 11.9 Å². The summed E-state index contributed by atoms with van der Waals surface area (Å²) in [5.74, 6) is 0.872. The molecule has 1 aromatic heterocycles. The molecule has 1 atom stereocenters. The molecule has 122 valence electrons. The van der Waals surface area contributed by atoms with E-state index < -0.39 is 0 Å². The van der Waals surface area contributed by atoms with Gasteiger partial charge < -0.3 is 14.4 Å². The van der Waals surface area contributed by atoms with Crippen LogP contribution in [0.2, 0.25) is 0 Å². The van der Waals surface area contributed by atoms with Crippen LogP contribution in [0.3, 0.4) is 0 Å². The first-order valence-electron chi connectivity index (χ1n) is 8.06. The minimum atomic E-state index is -0.0775. The molecule has 2 aromatic rings. The van der Waals surface area contributed by atoms with Crippen molar-refractivity contribution in [1.82, 2.24) is 9.88 Å². The molecule has 0 radical (unpaired) electrons. The van der Waals surface area contributed by atoms with Gasteiger partial charge in [0.15, 0.2) is 0 Å². The van der Waals surface area contributed by atoms with Crippen LogP contribution in [0.4, 0.5) is 0 Å². The lowest BCUT2D eigenvalue weighted by Gasteiger charge is -2.22. The highest BCUT2D eigenvalue weighted by atomic mass is 16.5. The quantitative estimate of drug-likeness (QED) is 0.850. The fourth-order valence-corrected chi connectivity index (χ4v) is 3.02. The molecule has 0 amide bonds. The lowest BCUT2D eigenvalue weighted by Crippen LogP contribution is -2.20. The molecule has 0 saturated carbocycles. The van der Waals surface area contributed by atoms with E-state index in [9.17, 15) is 0 Å². The molecule has 0 unspecified atom stereocenters. The summed E-state index contributed by atoms with van der Waals surface area (Å²) in [5, 5.41) is 0. The fourth-order valence-electron chi connectivity index (χ4n) is 3.02. The van der Waals surface area contributed by atoms with Crippen LogP contribution >= 0.6 is 0 Å². The van der Waals surface area contributed by atoms with E-state index in [1.54, 1.807) is 7.11 Å². The van der Waals surface area contributed by atoms with E-state index in [4.69, 9.17) is 9.47 Å². The van der Waals surface area contributed by atoms with Gasteiger partial charge in [0.05, 0.1) is 13.7 Å². The Bertz CT molecular complexity index is 670. The molecule has 1 aliphatic carbocycles. The number of hydrogen-bond acceptors (Lipinski definition) is 4. The van der Waals surface area contributed by atoms with Crippen molar-refractivity contribution in [2.24, 2.45) is 0 Å². The van der Waals surface area contributed by atoms with E-state index >= 15 is 0 Å². The van der Waals surface area contributed by atoms with Crippen molar-refractivity contribution in [1.29, 1.82) is 0 Å². The maximum atomic E-state index is 6.29. The predicted molar refractivity (Wildman–Crippen MR) is 91.0 cm³/mol. The lowest BCUT2D eigenvalue weighted by atomic mass is 9.98. The first-order valence-corrected chi connectivity index (χ1v) is 8.06. The smallest absolute Gasteiger partial charge is 0.119 e. The number of hydrogen-bond donors (Lipinski definition) is 0. The third-order valence-electron chi connectivity index (χ3n) is 4.30. The first kappa shape index (κ1) is 16.0. The molecule has 0 fully saturated rings. The Kier molecular flexibility index (Phi) is 4.94. The third-order valence-corrected chi connectivity index (χ3v) is 4.30. The number of aromatic nitrogens is 1. The van der Waals surface area contributed by atoms with Crippen molar-refractivity contribution in [3.63, 3.8) is 0 Å². The zero-order valence-electron chi connectivity index (χ0n) is 14.1. The molecular weight excluding hydrogens is 288 g/mol. The second-order valence-corrected chi connectivity index (χ2v) is 6.16. The van der Waals surface area contributed by atoms with Crippen molar-refractivity contribution in [2.45, 2.75) is 18.9 Å². The first-order chi connectivity index (χ1) is 11.2. The second-order valence-electron chi connectivity index (χ2n) is 6.16. The van der Waals surface area contributed by atoms with Gasteiger partial charge in [-0.1, -0.05) is 12.1 Å². The lowest BCUT2D eigenvalue weighted by molar-refractivity contribution is 0.0680. The number of nitrogens with zero attached hydrogens (tertiary/aromatic N) is 2. The Morgan fingerprint density at radius 2 is 2.04 bits per heavy atom. The molecule has 0 saturated heterocycles. The van der Waals surface area contributed by atoms with Gasteiger partial charge in [-0.3, -0.25) is 4.98 Å². The Labute approximate surface area is 138 Å². The van der Waals surface area contributed by atoms with Gasteiger partial charge in [-0.05, 0) is 56.3 Å². The van der Waals surface area contributed by atoms with Gasteiger partial charge in [0.2, 0.25) is 0 Å². The van der Waals surface area contributed by atoms with Gasteiger partial charge in [0.25, 0.3) is 0 Å². The van der Waals surface area contributed by atoms with Crippen molar-refractivity contribution < 1.29 is 9.47 Å². The largest absolute Gasteiger partial charge is 0.497 e. The number of rotatable bonds is 5. The van der Waals surface area contributed by atoms with Crippen LogP contribution in [-0.2, 0) is 17.6 Å². The monoisotopic (exact) mass is 312 g/mol. The van der Waals surface area contributed by atoms with Gasteiger partial charge in [-0.15, -0.1) is 0 Å². The maximum Gasteiger partial charge on any atom is 0.119 e. The average molecular weight is 312 g/mol. The van der Waals surface area contributed by atoms with Crippen molar-refractivity contribution in [3.8, 4) is 5.75 Å². The minimum absolute atomic E-state index is 0.0775. The van der Waals surface area contributed by atoms with E-state index in [2.05, 4.69) is 42.2 Å². The summed E-state index contributed by atoms with van der Waals surface area (Å²) in [6.45, 7) is 1.58. The average Bonchev–Trinajstić information content (AvgIpc) is 2.71. The van der Waals surface area contributed by atoms with E-state index in [1.165, 1.54) is 16.7 Å². The number of benzene rings is 1. The highest BCUT2D eigenvalue weighted by Crippen LogP contribution is 2.36.